The number of carbonyl (C=O) groups is 1. The van der Waals surface area contributed by atoms with Crippen molar-refractivity contribution >= 4 is 6.09 Å². The number of hydrogen-bond donors (Lipinski definition) is 2. The van der Waals surface area contributed by atoms with Crippen molar-refractivity contribution in [1.29, 1.82) is 0 Å². The summed E-state index contributed by atoms with van der Waals surface area (Å²) in [6.45, 7) is 0.908. The van der Waals surface area contributed by atoms with Crippen LogP contribution in [0.3, 0.4) is 0 Å². The second-order valence-electron chi connectivity index (χ2n) is 3.73. The van der Waals surface area contributed by atoms with Gasteiger partial charge in [-0.1, -0.05) is 12.5 Å². The first-order valence-corrected chi connectivity index (χ1v) is 5.64. The summed E-state index contributed by atoms with van der Waals surface area (Å²) in [5, 5.41) is 2.60. The van der Waals surface area contributed by atoms with Crippen molar-refractivity contribution in [1.82, 2.24) is 5.32 Å². The van der Waals surface area contributed by atoms with Gasteiger partial charge in [-0.15, -0.1) is 0 Å². The minimum absolute atomic E-state index is 0.0666. The fourth-order valence-corrected chi connectivity index (χ4v) is 1.58. The van der Waals surface area contributed by atoms with Crippen LogP contribution in [-0.2, 0) is 4.74 Å². The second kappa shape index (κ2) is 7.29. The predicted octanol–water partition coefficient (Wildman–Crippen LogP) is 1.56. The van der Waals surface area contributed by atoms with Crippen molar-refractivity contribution < 1.29 is 9.53 Å². The Morgan fingerprint density at radius 3 is 3.13 bits per heavy atom. The van der Waals surface area contributed by atoms with Crippen molar-refractivity contribution in [2.45, 2.75) is 38.2 Å². The summed E-state index contributed by atoms with van der Waals surface area (Å²) in [4.78, 5) is 11.2. The van der Waals surface area contributed by atoms with E-state index in [1.807, 2.05) is 6.08 Å². The lowest BCUT2D eigenvalue weighted by molar-refractivity contribution is 0.113. The normalized spacial score (nSPS) is 23.7. The van der Waals surface area contributed by atoms with Crippen LogP contribution in [0.5, 0.6) is 0 Å². The van der Waals surface area contributed by atoms with E-state index < -0.39 is 0 Å². The quantitative estimate of drug-likeness (QED) is 0.698. The fraction of sp³-hybridized carbons (Fsp3) is 0.727. The largest absolute Gasteiger partial charge is 0.442 e. The Kier molecular flexibility index (Phi) is 5.85. The number of carbonyl (C=O) groups excluding carboxylic acids is 1. The maximum Gasteiger partial charge on any atom is 0.407 e. The lowest BCUT2D eigenvalue weighted by Crippen LogP contribution is -2.32. The zero-order valence-electron chi connectivity index (χ0n) is 9.08. The minimum Gasteiger partial charge on any atom is -0.442 e. The third kappa shape index (κ3) is 5.42. The molecule has 1 amide bonds. The Labute approximate surface area is 90.9 Å². The third-order valence-electron chi connectivity index (χ3n) is 2.38. The van der Waals surface area contributed by atoms with Gasteiger partial charge in [0, 0.05) is 13.1 Å². The highest BCUT2D eigenvalue weighted by molar-refractivity contribution is 5.67. The Bertz CT molecular complexity index is 217. The molecule has 1 atom stereocenters. The van der Waals surface area contributed by atoms with E-state index in [9.17, 15) is 4.79 Å². The maximum absolute atomic E-state index is 11.2. The summed E-state index contributed by atoms with van der Waals surface area (Å²) >= 11 is 0. The SMILES string of the molecule is NCCNC(=O)O[C@H]1/C=C/CCCCC1. The zero-order chi connectivity index (χ0) is 10.9. The summed E-state index contributed by atoms with van der Waals surface area (Å²) < 4.78 is 5.24. The molecule has 0 aliphatic heterocycles. The maximum atomic E-state index is 11.2. The molecule has 0 heterocycles. The molecule has 0 radical (unpaired) electrons. The van der Waals surface area contributed by atoms with Gasteiger partial charge in [-0.05, 0) is 31.8 Å². The summed E-state index contributed by atoms with van der Waals surface area (Å²) in [7, 11) is 0. The van der Waals surface area contributed by atoms with Gasteiger partial charge < -0.3 is 15.8 Å². The second-order valence-corrected chi connectivity index (χ2v) is 3.73. The van der Waals surface area contributed by atoms with Gasteiger partial charge in [0.2, 0.25) is 0 Å². The molecule has 0 aromatic rings. The third-order valence-corrected chi connectivity index (χ3v) is 2.38. The monoisotopic (exact) mass is 212 g/mol. The van der Waals surface area contributed by atoms with Gasteiger partial charge in [-0.3, -0.25) is 0 Å². The molecule has 1 aliphatic carbocycles. The van der Waals surface area contributed by atoms with Gasteiger partial charge in [-0.25, -0.2) is 4.79 Å². The van der Waals surface area contributed by atoms with Crippen LogP contribution in [0, 0.1) is 0 Å². The molecular weight excluding hydrogens is 192 g/mol. The van der Waals surface area contributed by atoms with Gasteiger partial charge in [0.1, 0.15) is 6.10 Å². The van der Waals surface area contributed by atoms with Crippen LogP contribution in [-0.4, -0.2) is 25.3 Å². The molecule has 0 bridgehead atoms. The molecular formula is C11H20N2O2. The lowest BCUT2D eigenvalue weighted by atomic mass is 10.0. The molecule has 1 rings (SSSR count). The molecule has 86 valence electrons. The molecule has 0 unspecified atom stereocenters. The van der Waals surface area contributed by atoms with E-state index in [2.05, 4.69) is 11.4 Å². The number of alkyl carbamates (subject to hydrolysis) is 1. The van der Waals surface area contributed by atoms with Crippen LogP contribution >= 0.6 is 0 Å². The summed E-state index contributed by atoms with van der Waals surface area (Å²) in [5.41, 5.74) is 5.27. The van der Waals surface area contributed by atoms with Crippen LogP contribution in [0.2, 0.25) is 0 Å². The molecule has 4 heteroatoms. The van der Waals surface area contributed by atoms with E-state index in [1.165, 1.54) is 12.8 Å². The lowest BCUT2D eigenvalue weighted by Gasteiger charge is -2.16. The summed E-state index contributed by atoms with van der Waals surface area (Å²) in [6, 6.07) is 0. The summed E-state index contributed by atoms with van der Waals surface area (Å²) in [6.07, 6.45) is 9.24. The van der Waals surface area contributed by atoms with E-state index in [1.54, 1.807) is 0 Å². The number of rotatable bonds is 3. The molecule has 3 N–H and O–H groups in total. The average molecular weight is 212 g/mol. The highest BCUT2D eigenvalue weighted by atomic mass is 16.6. The number of nitrogens with two attached hydrogens (primary N) is 1. The van der Waals surface area contributed by atoms with E-state index in [-0.39, 0.29) is 12.2 Å². The van der Waals surface area contributed by atoms with E-state index in [0.717, 1.165) is 19.3 Å². The molecule has 0 spiro atoms. The highest BCUT2D eigenvalue weighted by Crippen LogP contribution is 2.14. The van der Waals surface area contributed by atoms with Gasteiger partial charge >= 0.3 is 6.09 Å². The number of hydrogen-bond acceptors (Lipinski definition) is 3. The topological polar surface area (TPSA) is 64.3 Å². The molecule has 15 heavy (non-hydrogen) atoms. The minimum atomic E-state index is -0.365. The molecule has 0 aromatic heterocycles. The first-order chi connectivity index (χ1) is 7.33. The van der Waals surface area contributed by atoms with E-state index in [0.29, 0.717) is 13.1 Å². The molecule has 0 saturated carbocycles. The molecule has 1 aliphatic rings. The van der Waals surface area contributed by atoms with Crippen LogP contribution in [0.15, 0.2) is 12.2 Å². The van der Waals surface area contributed by atoms with Crippen LogP contribution in [0.25, 0.3) is 0 Å². The van der Waals surface area contributed by atoms with Crippen LogP contribution in [0.1, 0.15) is 32.1 Å². The standard InChI is InChI=1S/C11H20N2O2/c12-8-9-13-11(14)15-10-6-4-2-1-3-5-7-10/h4,6,10H,1-3,5,7-9,12H2,(H,13,14)/b6-4+/t10-/m0/s1. The van der Waals surface area contributed by atoms with Crippen LogP contribution in [0.4, 0.5) is 4.79 Å². The number of amides is 1. The number of nitrogens with one attached hydrogen (secondary N) is 1. The van der Waals surface area contributed by atoms with Crippen molar-refractivity contribution in [3.05, 3.63) is 12.2 Å². The van der Waals surface area contributed by atoms with Crippen LogP contribution < -0.4 is 11.1 Å². The van der Waals surface area contributed by atoms with E-state index in [4.69, 9.17) is 10.5 Å². The average Bonchev–Trinajstić information content (AvgIpc) is 2.19. The van der Waals surface area contributed by atoms with Crippen molar-refractivity contribution in [3.8, 4) is 0 Å². The van der Waals surface area contributed by atoms with Gasteiger partial charge in [0.15, 0.2) is 0 Å². The highest BCUT2D eigenvalue weighted by Gasteiger charge is 2.11. The van der Waals surface area contributed by atoms with Gasteiger partial charge in [-0.2, -0.15) is 0 Å². The van der Waals surface area contributed by atoms with Gasteiger partial charge in [0.25, 0.3) is 0 Å². The Morgan fingerprint density at radius 1 is 1.47 bits per heavy atom. The Balaban J connectivity index is 2.28. The molecule has 4 nitrogen and oxygen atoms in total. The zero-order valence-corrected chi connectivity index (χ0v) is 9.08. The van der Waals surface area contributed by atoms with E-state index >= 15 is 0 Å². The van der Waals surface area contributed by atoms with Gasteiger partial charge in [0.05, 0.1) is 0 Å². The number of ether oxygens (including phenoxy) is 1. The van der Waals surface area contributed by atoms with Crippen molar-refractivity contribution in [3.63, 3.8) is 0 Å². The summed E-state index contributed by atoms with van der Waals surface area (Å²) in [5.74, 6) is 0. The molecule has 0 fully saturated rings. The Morgan fingerprint density at radius 2 is 2.33 bits per heavy atom. The predicted molar refractivity (Wildman–Crippen MR) is 59.6 cm³/mol. The Hall–Kier alpha value is -1.03. The number of allylic oxidation sites excluding steroid dienone is 1. The first kappa shape index (κ1) is 12.0. The van der Waals surface area contributed by atoms with Crippen molar-refractivity contribution in [2.75, 3.05) is 13.1 Å². The molecule has 0 aromatic carbocycles. The molecule has 0 saturated heterocycles. The fourth-order valence-electron chi connectivity index (χ4n) is 1.58. The first-order valence-electron chi connectivity index (χ1n) is 5.64. The smallest absolute Gasteiger partial charge is 0.407 e. The van der Waals surface area contributed by atoms with Crippen molar-refractivity contribution in [2.24, 2.45) is 5.73 Å².